The SMILES string of the molecule is CCCCCOc1cc(O)c(C(=O)N[C@@H](Cc2ccccc2)C(=O)OC)cc1C. The van der Waals surface area contributed by atoms with Gasteiger partial charge in [-0.1, -0.05) is 50.1 Å². The Hall–Kier alpha value is -3.02. The molecule has 1 amide bonds. The molecule has 0 heterocycles. The molecule has 0 saturated carbocycles. The summed E-state index contributed by atoms with van der Waals surface area (Å²) in [7, 11) is 1.28. The molecule has 0 aliphatic rings. The highest BCUT2D eigenvalue weighted by Crippen LogP contribution is 2.28. The van der Waals surface area contributed by atoms with E-state index in [9.17, 15) is 14.7 Å². The molecule has 0 spiro atoms. The first-order chi connectivity index (χ1) is 14.0. The third-order valence-corrected chi connectivity index (χ3v) is 4.62. The van der Waals surface area contributed by atoms with Crippen LogP contribution in [0.3, 0.4) is 0 Å². The van der Waals surface area contributed by atoms with Crippen LogP contribution < -0.4 is 10.1 Å². The number of hydrogen-bond acceptors (Lipinski definition) is 5. The van der Waals surface area contributed by atoms with Gasteiger partial charge >= 0.3 is 5.97 Å². The zero-order chi connectivity index (χ0) is 21.2. The second-order valence-electron chi connectivity index (χ2n) is 6.93. The van der Waals surface area contributed by atoms with Gasteiger partial charge < -0.3 is 19.9 Å². The molecule has 156 valence electrons. The van der Waals surface area contributed by atoms with Crippen LogP contribution in [-0.2, 0) is 16.0 Å². The fourth-order valence-electron chi connectivity index (χ4n) is 2.97. The van der Waals surface area contributed by atoms with Crippen LogP contribution in [0.15, 0.2) is 42.5 Å². The van der Waals surface area contributed by atoms with Gasteiger partial charge in [-0.25, -0.2) is 4.79 Å². The molecule has 0 bridgehead atoms. The van der Waals surface area contributed by atoms with Crippen LogP contribution in [0, 0.1) is 6.92 Å². The van der Waals surface area contributed by atoms with Crippen molar-refractivity contribution in [2.24, 2.45) is 0 Å². The average Bonchev–Trinajstić information content (AvgIpc) is 2.72. The Bertz CT molecular complexity index is 820. The number of carbonyl (C=O) groups is 2. The van der Waals surface area contributed by atoms with Crippen LogP contribution in [0.25, 0.3) is 0 Å². The number of methoxy groups -OCH3 is 1. The zero-order valence-corrected chi connectivity index (χ0v) is 17.2. The highest BCUT2D eigenvalue weighted by atomic mass is 16.5. The van der Waals surface area contributed by atoms with Crippen LogP contribution in [-0.4, -0.2) is 36.7 Å². The van der Waals surface area contributed by atoms with E-state index in [0.717, 1.165) is 30.4 Å². The minimum Gasteiger partial charge on any atom is -0.507 e. The van der Waals surface area contributed by atoms with Gasteiger partial charge in [0.15, 0.2) is 0 Å². The van der Waals surface area contributed by atoms with Gasteiger partial charge in [-0.05, 0) is 30.5 Å². The number of hydrogen-bond donors (Lipinski definition) is 2. The standard InChI is InChI=1S/C23H29NO5/c1-4-5-9-12-29-21-15-20(25)18(13-16(21)2)22(26)24-19(23(27)28-3)14-17-10-7-6-8-11-17/h6-8,10-11,13,15,19,25H,4-5,9,12,14H2,1-3H3,(H,24,26)/t19-/m0/s1. The summed E-state index contributed by atoms with van der Waals surface area (Å²) in [6.07, 6.45) is 3.38. The lowest BCUT2D eigenvalue weighted by Gasteiger charge is -2.18. The van der Waals surface area contributed by atoms with Crippen molar-refractivity contribution >= 4 is 11.9 Å². The number of nitrogens with one attached hydrogen (secondary N) is 1. The summed E-state index contributed by atoms with van der Waals surface area (Å²) in [5.74, 6) is -0.741. The number of phenols is 1. The number of esters is 1. The topological polar surface area (TPSA) is 84.9 Å². The zero-order valence-electron chi connectivity index (χ0n) is 17.2. The van der Waals surface area contributed by atoms with E-state index < -0.39 is 17.9 Å². The van der Waals surface area contributed by atoms with Crippen molar-refractivity contribution in [2.75, 3.05) is 13.7 Å². The van der Waals surface area contributed by atoms with E-state index in [0.29, 0.717) is 12.4 Å². The molecule has 0 aliphatic heterocycles. The number of carbonyl (C=O) groups excluding carboxylic acids is 2. The molecule has 2 aromatic carbocycles. The molecule has 0 unspecified atom stereocenters. The van der Waals surface area contributed by atoms with Gasteiger partial charge in [0, 0.05) is 12.5 Å². The molecule has 0 fully saturated rings. The third-order valence-electron chi connectivity index (χ3n) is 4.62. The first kappa shape index (κ1) is 22.3. The van der Waals surface area contributed by atoms with Crippen LogP contribution >= 0.6 is 0 Å². The van der Waals surface area contributed by atoms with Crippen molar-refractivity contribution in [3.05, 3.63) is 59.2 Å². The first-order valence-corrected chi connectivity index (χ1v) is 9.85. The second-order valence-corrected chi connectivity index (χ2v) is 6.93. The van der Waals surface area contributed by atoms with Gasteiger partial charge in [0.1, 0.15) is 17.5 Å². The molecule has 0 aliphatic carbocycles. The lowest BCUT2D eigenvalue weighted by molar-refractivity contribution is -0.142. The van der Waals surface area contributed by atoms with E-state index in [1.165, 1.54) is 13.2 Å². The largest absolute Gasteiger partial charge is 0.507 e. The Morgan fingerprint density at radius 3 is 2.52 bits per heavy atom. The van der Waals surface area contributed by atoms with Crippen molar-refractivity contribution < 1.29 is 24.2 Å². The van der Waals surface area contributed by atoms with E-state index in [1.54, 1.807) is 6.07 Å². The number of benzene rings is 2. The van der Waals surface area contributed by atoms with Crippen LogP contribution in [0.1, 0.15) is 47.7 Å². The number of ether oxygens (including phenoxy) is 2. The van der Waals surface area contributed by atoms with Gasteiger partial charge in [0.2, 0.25) is 0 Å². The Balaban J connectivity index is 2.12. The smallest absolute Gasteiger partial charge is 0.328 e. The quantitative estimate of drug-likeness (QED) is 0.469. The molecule has 2 rings (SSSR count). The predicted octanol–water partition coefficient (Wildman–Crippen LogP) is 3.78. The lowest BCUT2D eigenvalue weighted by atomic mass is 10.0. The maximum absolute atomic E-state index is 12.7. The van der Waals surface area contributed by atoms with Gasteiger partial charge in [-0.3, -0.25) is 4.79 Å². The lowest BCUT2D eigenvalue weighted by Crippen LogP contribution is -2.43. The molecule has 0 aromatic heterocycles. The predicted molar refractivity (Wildman–Crippen MR) is 111 cm³/mol. The molecule has 2 aromatic rings. The summed E-state index contributed by atoms with van der Waals surface area (Å²) in [5, 5.41) is 13.0. The molecule has 29 heavy (non-hydrogen) atoms. The fourth-order valence-corrected chi connectivity index (χ4v) is 2.97. The Labute approximate surface area is 171 Å². The van der Waals surface area contributed by atoms with E-state index in [2.05, 4.69) is 12.2 Å². The molecular formula is C23H29NO5. The number of aryl methyl sites for hydroxylation is 1. The molecule has 0 radical (unpaired) electrons. The summed E-state index contributed by atoms with van der Waals surface area (Å²) in [5.41, 5.74) is 1.71. The highest BCUT2D eigenvalue weighted by molar-refractivity contribution is 5.99. The van der Waals surface area contributed by atoms with Crippen LogP contribution in [0.2, 0.25) is 0 Å². The van der Waals surface area contributed by atoms with E-state index in [4.69, 9.17) is 9.47 Å². The van der Waals surface area contributed by atoms with Crippen molar-refractivity contribution in [3.8, 4) is 11.5 Å². The minimum atomic E-state index is -0.862. The third kappa shape index (κ3) is 6.52. The first-order valence-electron chi connectivity index (χ1n) is 9.85. The van der Waals surface area contributed by atoms with Gasteiger partial charge in [-0.15, -0.1) is 0 Å². The van der Waals surface area contributed by atoms with Crippen molar-refractivity contribution in [2.45, 2.75) is 45.6 Å². The second kappa shape index (κ2) is 11.1. The summed E-state index contributed by atoms with van der Waals surface area (Å²) in [6.45, 7) is 4.48. The van der Waals surface area contributed by atoms with E-state index >= 15 is 0 Å². The monoisotopic (exact) mass is 399 g/mol. The molecule has 6 nitrogen and oxygen atoms in total. The van der Waals surface area contributed by atoms with Crippen molar-refractivity contribution in [1.29, 1.82) is 0 Å². The van der Waals surface area contributed by atoms with Crippen LogP contribution in [0.4, 0.5) is 0 Å². The molecular weight excluding hydrogens is 370 g/mol. The maximum Gasteiger partial charge on any atom is 0.328 e. The van der Waals surface area contributed by atoms with Crippen molar-refractivity contribution in [1.82, 2.24) is 5.32 Å². The number of amides is 1. The summed E-state index contributed by atoms with van der Waals surface area (Å²) in [4.78, 5) is 24.9. The minimum absolute atomic E-state index is 0.0883. The van der Waals surface area contributed by atoms with Crippen LogP contribution in [0.5, 0.6) is 11.5 Å². The molecule has 0 saturated heterocycles. The Kier molecular flexibility index (Phi) is 8.52. The Morgan fingerprint density at radius 2 is 1.86 bits per heavy atom. The average molecular weight is 399 g/mol. The van der Waals surface area contributed by atoms with Gasteiger partial charge in [0.25, 0.3) is 5.91 Å². The fraction of sp³-hybridized carbons (Fsp3) is 0.391. The summed E-state index contributed by atoms with van der Waals surface area (Å²) < 4.78 is 10.5. The number of phenolic OH excluding ortho intramolecular Hbond substituents is 1. The molecule has 6 heteroatoms. The summed E-state index contributed by atoms with van der Waals surface area (Å²) >= 11 is 0. The Morgan fingerprint density at radius 1 is 1.14 bits per heavy atom. The number of aromatic hydroxyl groups is 1. The number of rotatable bonds is 10. The van der Waals surface area contributed by atoms with Gasteiger partial charge in [0.05, 0.1) is 19.3 Å². The normalized spacial score (nSPS) is 11.6. The highest BCUT2D eigenvalue weighted by Gasteiger charge is 2.24. The van der Waals surface area contributed by atoms with E-state index in [-0.39, 0.29) is 17.7 Å². The number of unbranched alkanes of at least 4 members (excludes halogenated alkanes) is 2. The molecule has 2 N–H and O–H groups in total. The summed E-state index contributed by atoms with van der Waals surface area (Å²) in [6, 6.07) is 11.5. The maximum atomic E-state index is 12.7. The van der Waals surface area contributed by atoms with E-state index in [1.807, 2.05) is 37.3 Å². The van der Waals surface area contributed by atoms with Gasteiger partial charge in [-0.2, -0.15) is 0 Å². The van der Waals surface area contributed by atoms with Crippen molar-refractivity contribution in [3.63, 3.8) is 0 Å². The molecule has 1 atom stereocenters.